The molecule has 1 amide bonds. The van der Waals surface area contributed by atoms with Crippen molar-refractivity contribution in [3.8, 4) is 5.75 Å². The Morgan fingerprint density at radius 3 is 1.96 bits per heavy atom. The lowest BCUT2D eigenvalue weighted by Gasteiger charge is -2.13. The molecule has 0 aromatic heterocycles. The number of hydrogen-bond donors (Lipinski definition) is 3. The minimum atomic E-state index is -0.171. The van der Waals surface area contributed by atoms with Crippen molar-refractivity contribution in [2.75, 3.05) is 70.9 Å². The lowest BCUT2D eigenvalue weighted by Crippen LogP contribution is -2.25. The number of ether oxygens (including phenoxy) is 4. The number of amides is 1. The maximum absolute atomic E-state index is 12.3. The molecule has 11 heteroatoms. The monoisotopic (exact) mass is 631 g/mol. The summed E-state index contributed by atoms with van der Waals surface area (Å²) in [5.74, 6) is 0.495. The van der Waals surface area contributed by atoms with Gasteiger partial charge in [0.15, 0.2) is 12.1 Å². The molecule has 0 heterocycles. The number of benzene rings is 2. The molecular weight excluding hydrogens is 578 g/mol. The summed E-state index contributed by atoms with van der Waals surface area (Å²) in [5, 5.41) is 5.68. The van der Waals surface area contributed by atoms with E-state index >= 15 is 0 Å². The third kappa shape index (κ3) is 18.6. The van der Waals surface area contributed by atoms with E-state index in [1.807, 2.05) is 46.8 Å². The van der Waals surface area contributed by atoms with Crippen molar-refractivity contribution in [2.24, 2.45) is 11.8 Å². The molecule has 11 nitrogen and oxygen atoms in total. The van der Waals surface area contributed by atoms with Gasteiger partial charge in [-0.2, -0.15) is 0 Å². The summed E-state index contributed by atoms with van der Waals surface area (Å²) in [5.41, 5.74) is 7.79. The fourth-order valence-electron chi connectivity index (χ4n) is 3.65. The average Bonchev–Trinajstić information content (AvgIpc) is 3.06. The van der Waals surface area contributed by atoms with Crippen LogP contribution in [-0.2, 0) is 23.8 Å². The van der Waals surface area contributed by atoms with Crippen LogP contribution in [0.2, 0.25) is 0 Å². The Bertz CT molecular complexity index is 1090. The highest BCUT2D eigenvalue weighted by molar-refractivity contribution is 6.06. The van der Waals surface area contributed by atoms with Gasteiger partial charge in [-0.1, -0.05) is 46.8 Å². The highest BCUT2D eigenvalue weighted by atomic mass is 16.6. The van der Waals surface area contributed by atoms with Gasteiger partial charge >= 0.3 is 0 Å². The highest BCUT2D eigenvalue weighted by Crippen LogP contribution is 2.21. The Morgan fingerprint density at radius 2 is 1.42 bits per heavy atom. The number of nitrogens with one attached hydrogen (secondary N) is 2. The standard InChI is InChI=1S/C25H34N2O6.C7H13NO2.C2H6/c1-19(2)25(29)22-4-3-5-24(23(22)18-28)27-10-11-30-12-13-31-14-15-32-16-17-33-21-8-6-20(26)7-9-21;1-6(4-3-5-9)7(10)8-2;1-2/h3-9,18-19,27H,10-17,26H2,1-2H3;5-6H,3-4H2,1-2H3,(H,8,10);1-2H3. The molecule has 0 aliphatic rings. The van der Waals surface area contributed by atoms with E-state index in [1.54, 1.807) is 37.4 Å². The SMILES string of the molecule is CC.CC(C)C(=O)c1cccc(NCCOCCOCCOCCOc2ccc(N)cc2)c1C=O.CNC(=O)C(C)CCC=O. The molecule has 2 aromatic rings. The third-order valence-corrected chi connectivity index (χ3v) is 6.11. The lowest BCUT2D eigenvalue weighted by molar-refractivity contribution is -0.124. The highest BCUT2D eigenvalue weighted by Gasteiger charge is 2.17. The maximum atomic E-state index is 12.3. The summed E-state index contributed by atoms with van der Waals surface area (Å²) in [6.45, 7) is 13.2. The minimum Gasteiger partial charge on any atom is -0.491 e. The van der Waals surface area contributed by atoms with Crippen LogP contribution in [0, 0.1) is 11.8 Å². The van der Waals surface area contributed by atoms with Crippen LogP contribution < -0.4 is 21.1 Å². The van der Waals surface area contributed by atoms with Crippen molar-refractivity contribution in [3.05, 3.63) is 53.6 Å². The van der Waals surface area contributed by atoms with E-state index < -0.39 is 0 Å². The van der Waals surface area contributed by atoms with Crippen molar-refractivity contribution in [1.29, 1.82) is 0 Å². The van der Waals surface area contributed by atoms with Crippen molar-refractivity contribution in [2.45, 2.75) is 47.5 Å². The number of rotatable bonds is 21. The molecular formula is C34H53N3O8. The molecule has 252 valence electrons. The molecule has 45 heavy (non-hydrogen) atoms. The van der Waals surface area contributed by atoms with Crippen LogP contribution in [0.25, 0.3) is 0 Å². The van der Waals surface area contributed by atoms with Gasteiger partial charge in [0, 0.05) is 54.4 Å². The molecule has 0 fully saturated rings. The molecule has 2 aromatic carbocycles. The molecule has 0 aliphatic carbocycles. The molecule has 1 atom stereocenters. The number of hydrogen-bond acceptors (Lipinski definition) is 10. The number of carbonyl (C=O) groups excluding carboxylic acids is 4. The molecule has 0 bridgehead atoms. The third-order valence-electron chi connectivity index (χ3n) is 6.11. The molecule has 0 radical (unpaired) electrons. The second-order valence-electron chi connectivity index (χ2n) is 9.84. The van der Waals surface area contributed by atoms with Gasteiger partial charge in [-0.15, -0.1) is 0 Å². The van der Waals surface area contributed by atoms with E-state index in [4.69, 9.17) is 24.7 Å². The Hall–Kier alpha value is -3.80. The number of anilines is 2. The van der Waals surface area contributed by atoms with Crippen LogP contribution in [0.4, 0.5) is 11.4 Å². The molecule has 0 spiro atoms. The normalized spacial score (nSPS) is 10.8. The number of Topliss-reactive ketones (excluding diaryl/α,β-unsaturated/α-hetero) is 1. The molecule has 1 unspecified atom stereocenters. The van der Waals surface area contributed by atoms with E-state index in [-0.39, 0.29) is 23.5 Å². The summed E-state index contributed by atoms with van der Waals surface area (Å²) in [4.78, 5) is 44.5. The summed E-state index contributed by atoms with van der Waals surface area (Å²) >= 11 is 0. The lowest BCUT2D eigenvalue weighted by atomic mass is 9.96. The van der Waals surface area contributed by atoms with E-state index in [0.29, 0.717) is 88.1 Å². The molecule has 0 aliphatic heterocycles. The average molecular weight is 632 g/mol. The van der Waals surface area contributed by atoms with Gasteiger partial charge in [0.05, 0.1) is 39.6 Å². The van der Waals surface area contributed by atoms with Crippen LogP contribution in [0.5, 0.6) is 5.75 Å². The predicted molar refractivity (Wildman–Crippen MR) is 178 cm³/mol. The topological polar surface area (TPSA) is 155 Å². The number of nitrogen functional groups attached to an aromatic ring is 1. The Morgan fingerprint density at radius 1 is 0.844 bits per heavy atom. The van der Waals surface area contributed by atoms with E-state index in [2.05, 4.69) is 10.6 Å². The molecule has 0 saturated carbocycles. The molecule has 2 rings (SSSR count). The second-order valence-corrected chi connectivity index (χ2v) is 9.84. The van der Waals surface area contributed by atoms with Crippen molar-refractivity contribution in [3.63, 3.8) is 0 Å². The van der Waals surface area contributed by atoms with Crippen molar-refractivity contribution >= 4 is 35.6 Å². The van der Waals surface area contributed by atoms with Crippen molar-refractivity contribution < 1.29 is 38.1 Å². The van der Waals surface area contributed by atoms with Crippen LogP contribution in [0.3, 0.4) is 0 Å². The molecule has 4 N–H and O–H groups in total. The molecule has 0 saturated heterocycles. The summed E-state index contributed by atoms with van der Waals surface area (Å²) < 4.78 is 22.0. The van der Waals surface area contributed by atoms with Gasteiger partial charge in [0.1, 0.15) is 18.6 Å². The van der Waals surface area contributed by atoms with E-state index in [1.165, 1.54) is 0 Å². The van der Waals surface area contributed by atoms with Gasteiger partial charge in [-0.05, 0) is 36.8 Å². The van der Waals surface area contributed by atoms with Crippen molar-refractivity contribution in [1.82, 2.24) is 5.32 Å². The minimum absolute atomic E-state index is 0.00171. The Labute approximate surface area is 268 Å². The van der Waals surface area contributed by atoms with Gasteiger partial charge in [-0.25, -0.2) is 0 Å². The summed E-state index contributed by atoms with van der Waals surface area (Å²) in [6.07, 6.45) is 2.66. The first-order valence-electron chi connectivity index (χ1n) is 15.5. The zero-order valence-electron chi connectivity index (χ0n) is 27.8. The Balaban J connectivity index is 0.00000137. The quantitative estimate of drug-likeness (QED) is 0.0755. The van der Waals surface area contributed by atoms with Crippen LogP contribution >= 0.6 is 0 Å². The van der Waals surface area contributed by atoms with Crippen LogP contribution in [0.15, 0.2) is 42.5 Å². The first kappa shape index (κ1) is 41.2. The van der Waals surface area contributed by atoms with Gasteiger partial charge < -0.3 is 40.1 Å². The van der Waals surface area contributed by atoms with Crippen LogP contribution in [0.1, 0.15) is 68.2 Å². The number of carbonyl (C=O) groups is 4. The number of nitrogens with two attached hydrogens (primary N) is 1. The summed E-state index contributed by atoms with van der Waals surface area (Å²) in [7, 11) is 1.60. The van der Waals surface area contributed by atoms with Crippen LogP contribution in [-0.4, -0.2) is 84.1 Å². The van der Waals surface area contributed by atoms with E-state index in [9.17, 15) is 19.2 Å². The van der Waals surface area contributed by atoms with Gasteiger partial charge in [0.2, 0.25) is 5.91 Å². The largest absolute Gasteiger partial charge is 0.491 e. The first-order valence-corrected chi connectivity index (χ1v) is 15.5. The smallest absolute Gasteiger partial charge is 0.222 e. The number of ketones is 1. The fraction of sp³-hybridized carbons (Fsp3) is 0.529. The number of aldehydes is 2. The van der Waals surface area contributed by atoms with E-state index in [0.717, 1.165) is 18.3 Å². The van der Waals surface area contributed by atoms with Gasteiger partial charge in [-0.3, -0.25) is 14.4 Å². The first-order chi connectivity index (χ1) is 21.7. The zero-order chi connectivity index (χ0) is 33.9. The second kappa shape index (κ2) is 26.6. The summed E-state index contributed by atoms with van der Waals surface area (Å²) in [6, 6.07) is 12.5. The maximum Gasteiger partial charge on any atom is 0.222 e. The fourth-order valence-corrected chi connectivity index (χ4v) is 3.65. The van der Waals surface area contributed by atoms with Gasteiger partial charge in [0.25, 0.3) is 0 Å². The zero-order valence-corrected chi connectivity index (χ0v) is 27.8. The Kier molecular flexibility index (Phi) is 24.3. The predicted octanol–water partition coefficient (Wildman–Crippen LogP) is 4.83.